The second-order valence-electron chi connectivity index (χ2n) is 3.40. The van der Waals surface area contributed by atoms with E-state index in [0.29, 0.717) is 26.3 Å². The summed E-state index contributed by atoms with van der Waals surface area (Å²) in [6.07, 6.45) is 0. The van der Waals surface area contributed by atoms with Crippen LogP contribution in [0.2, 0.25) is 10.0 Å². The Morgan fingerprint density at radius 2 is 1.94 bits per heavy atom. The zero-order valence-corrected chi connectivity index (χ0v) is 12.8. The molecule has 0 unspecified atom stereocenters. The van der Waals surface area contributed by atoms with Crippen molar-refractivity contribution >= 4 is 67.8 Å². The molecule has 0 bridgehead atoms. The molecule has 0 atom stereocenters. The third kappa shape index (κ3) is 2.80. The van der Waals surface area contributed by atoms with Crippen molar-refractivity contribution in [3.05, 3.63) is 43.0 Å². The van der Waals surface area contributed by atoms with E-state index in [-0.39, 0.29) is 5.91 Å². The molecule has 1 aromatic heterocycles. The molecule has 2 rings (SSSR count). The third-order valence-electron chi connectivity index (χ3n) is 2.15. The van der Waals surface area contributed by atoms with Crippen LogP contribution in [0.5, 0.6) is 0 Å². The fraction of sp³-hybridized carbons (Fsp3) is 0. The number of halogens is 3. The van der Waals surface area contributed by atoms with Crippen molar-refractivity contribution in [2.45, 2.75) is 0 Å². The van der Waals surface area contributed by atoms with Gasteiger partial charge in [0.05, 0.1) is 21.4 Å². The van der Waals surface area contributed by atoms with E-state index >= 15 is 0 Å². The van der Waals surface area contributed by atoms with Gasteiger partial charge < -0.3 is 11.1 Å². The number of anilines is 2. The highest BCUT2D eigenvalue weighted by molar-refractivity contribution is 9.10. The van der Waals surface area contributed by atoms with Crippen molar-refractivity contribution < 1.29 is 4.79 Å². The standard InChI is InChI=1S/C11H7BrCl2N2OS/c12-5-3-6(13)9(7(14)4-5)16-11(17)10-8(15)1-2-18-10/h1-4H,15H2,(H,16,17). The van der Waals surface area contributed by atoms with Gasteiger partial charge in [0.2, 0.25) is 0 Å². The third-order valence-corrected chi connectivity index (χ3v) is 4.13. The first kappa shape index (κ1) is 13.7. The first-order valence-corrected chi connectivity index (χ1v) is 7.20. The Bertz CT molecular complexity index is 592. The van der Waals surface area contributed by atoms with Gasteiger partial charge in [0.1, 0.15) is 4.88 Å². The number of carbonyl (C=O) groups is 1. The van der Waals surface area contributed by atoms with Gasteiger partial charge in [-0.05, 0) is 23.6 Å². The summed E-state index contributed by atoms with van der Waals surface area (Å²) < 4.78 is 0.742. The van der Waals surface area contributed by atoms with E-state index in [1.54, 1.807) is 23.6 Å². The van der Waals surface area contributed by atoms with Crippen molar-refractivity contribution in [1.29, 1.82) is 0 Å². The summed E-state index contributed by atoms with van der Waals surface area (Å²) in [6.45, 7) is 0. The highest BCUT2D eigenvalue weighted by Gasteiger charge is 2.15. The van der Waals surface area contributed by atoms with Gasteiger partial charge >= 0.3 is 0 Å². The van der Waals surface area contributed by atoms with Crippen molar-refractivity contribution in [3.8, 4) is 0 Å². The van der Waals surface area contributed by atoms with Crippen LogP contribution in [0.1, 0.15) is 9.67 Å². The van der Waals surface area contributed by atoms with Crippen LogP contribution in [-0.2, 0) is 0 Å². The fourth-order valence-corrected chi connectivity index (χ4v) is 3.35. The minimum atomic E-state index is -0.325. The van der Waals surface area contributed by atoms with Crippen molar-refractivity contribution in [2.24, 2.45) is 0 Å². The van der Waals surface area contributed by atoms with E-state index < -0.39 is 0 Å². The lowest BCUT2D eigenvalue weighted by Crippen LogP contribution is -2.12. The van der Waals surface area contributed by atoms with Crippen molar-refractivity contribution in [2.75, 3.05) is 11.1 Å². The average Bonchev–Trinajstić information content (AvgIpc) is 2.69. The number of benzene rings is 1. The SMILES string of the molecule is Nc1ccsc1C(=O)Nc1c(Cl)cc(Br)cc1Cl. The fourth-order valence-electron chi connectivity index (χ4n) is 1.34. The number of nitrogen functional groups attached to an aromatic ring is 1. The van der Waals surface area contributed by atoms with E-state index in [0.717, 1.165) is 4.47 Å². The molecular weight excluding hydrogens is 359 g/mol. The highest BCUT2D eigenvalue weighted by atomic mass is 79.9. The molecule has 0 saturated carbocycles. The largest absolute Gasteiger partial charge is 0.397 e. The van der Waals surface area contributed by atoms with E-state index in [9.17, 15) is 4.79 Å². The highest BCUT2D eigenvalue weighted by Crippen LogP contribution is 2.34. The summed E-state index contributed by atoms with van der Waals surface area (Å²) in [5, 5.41) is 5.12. The number of thiophene rings is 1. The van der Waals surface area contributed by atoms with Gasteiger partial charge in [-0.3, -0.25) is 4.79 Å². The minimum absolute atomic E-state index is 0.325. The second kappa shape index (κ2) is 5.48. The maximum Gasteiger partial charge on any atom is 0.267 e. The number of rotatable bonds is 2. The number of nitrogens with one attached hydrogen (secondary N) is 1. The molecule has 0 aliphatic carbocycles. The monoisotopic (exact) mass is 364 g/mol. The zero-order valence-electron chi connectivity index (χ0n) is 8.84. The topological polar surface area (TPSA) is 55.1 Å². The van der Waals surface area contributed by atoms with Crippen LogP contribution < -0.4 is 11.1 Å². The Hall–Kier alpha value is -0.750. The summed E-state index contributed by atoms with van der Waals surface area (Å²) in [5.41, 5.74) is 6.48. The Labute approximate surface area is 126 Å². The van der Waals surface area contributed by atoms with Crippen LogP contribution >= 0.6 is 50.5 Å². The number of carbonyl (C=O) groups excluding carboxylic acids is 1. The van der Waals surface area contributed by atoms with E-state index in [2.05, 4.69) is 21.2 Å². The lowest BCUT2D eigenvalue weighted by atomic mass is 10.3. The predicted molar refractivity (Wildman–Crippen MR) is 80.8 cm³/mol. The Kier molecular flexibility index (Phi) is 4.17. The molecule has 94 valence electrons. The van der Waals surface area contributed by atoms with E-state index in [1.807, 2.05) is 0 Å². The molecule has 1 heterocycles. The predicted octanol–water partition coefficient (Wildman–Crippen LogP) is 4.65. The molecule has 3 N–H and O–H groups in total. The number of hydrogen-bond acceptors (Lipinski definition) is 3. The van der Waals surface area contributed by atoms with Gasteiger partial charge in [-0.25, -0.2) is 0 Å². The van der Waals surface area contributed by atoms with Gasteiger partial charge in [0, 0.05) is 4.47 Å². The van der Waals surface area contributed by atoms with Gasteiger partial charge in [-0.15, -0.1) is 11.3 Å². The lowest BCUT2D eigenvalue weighted by molar-refractivity contribution is 0.103. The summed E-state index contributed by atoms with van der Waals surface area (Å²) in [7, 11) is 0. The Morgan fingerprint density at radius 1 is 1.33 bits per heavy atom. The molecule has 1 aromatic carbocycles. The molecule has 0 aliphatic rings. The first-order valence-electron chi connectivity index (χ1n) is 4.78. The van der Waals surface area contributed by atoms with Gasteiger partial charge in [0.25, 0.3) is 5.91 Å². The molecular formula is C11H7BrCl2N2OS. The Balaban J connectivity index is 2.31. The minimum Gasteiger partial charge on any atom is -0.397 e. The molecule has 1 amide bonds. The second-order valence-corrected chi connectivity index (χ2v) is 6.05. The molecule has 18 heavy (non-hydrogen) atoms. The van der Waals surface area contributed by atoms with Crippen molar-refractivity contribution in [3.63, 3.8) is 0 Å². The lowest BCUT2D eigenvalue weighted by Gasteiger charge is -2.09. The van der Waals surface area contributed by atoms with E-state index in [4.69, 9.17) is 28.9 Å². The maximum absolute atomic E-state index is 12.0. The molecule has 0 aliphatic heterocycles. The van der Waals surface area contributed by atoms with Crippen LogP contribution in [0.15, 0.2) is 28.1 Å². The molecule has 0 saturated heterocycles. The molecule has 0 spiro atoms. The number of nitrogens with two attached hydrogens (primary N) is 1. The molecule has 0 fully saturated rings. The summed E-state index contributed by atoms with van der Waals surface area (Å²) in [5.74, 6) is -0.325. The molecule has 7 heteroatoms. The quantitative estimate of drug-likeness (QED) is 0.813. The normalized spacial score (nSPS) is 10.4. The van der Waals surface area contributed by atoms with Gasteiger partial charge in [0.15, 0.2) is 0 Å². The van der Waals surface area contributed by atoms with Crippen LogP contribution in [-0.4, -0.2) is 5.91 Å². The van der Waals surface area contributed by atoms with E-state index in [1.165, 1.54) is 11.3 Å². The first-order chi connectivity index (χ1) is 8.49. The number of hydrogen-bond donors (Lipinski definition) is 2. The smallest absolute Gasteiger partial charge is 0.267 e. The van der Waals surface area contributed by atoms with Crippen LogP contribution in [0.4, 0.5) is 11.4 Å². The summed E-state index contributed by atoms with van der Waals surface area (Å²) in [6, 6.07) is 4.98. The summed E-state index contributed by atoms with van der Waals surface area (Å²) in [4.78, 5) is 12.4. The molecule has 3 nitrogen and oxygen atoms in total. The van der Waals surface area contributed by atoms with Gasteiger partial charge in [-0.1, -0.05) is 39.1 Å². The van der Waals surface area contributed by atoms with Crippen LogP contribution in [0.3, 0.4) is 0 Å². The molecule has 0 radical (unpaired) electrons. The van der Waals surface area contributed by atoms with Gasteiger partial charge in [-0.2, -0.15) is 0 Å². The van der Waals surface area contributed by atoms with Crippen molar-refractivity contribution in [1.82, 2.24) is 0 Å². The Morgan fingerprint density at radius 3 is 2.44 bits per heavy atom. The zero-order chi connectivity index (χ0) is 13.3. The summed E-state index contributed by atoms with van der Waals surface area (Å²) >= 11 is 16.6. The maximum atomic E-state index is 12.0. The number of amides is 1. The average molecular weight is 366 g/mol. The van der Waals surface area contributed by atoms with Crippen LogP contribution in [0, 0.1) is 0 Å². The molecule has 2 aromatic rings. The van der Waals surface area contributed by atoms with Crippen LogP contribution in [0.25, 0.3) is 0 Å².